The first-order valence-corrected chi connectivity index (χ1v) is 9.27. The predicted molar refractivity (Wildman–Crippen MR) is 105 cm³/mol. The van der Waals surface area contributed by atoms with Gasteiger partial charge in [-0.2, -0.15) is 0 Å². The lowest BCUT2D eigenvalue weighted by Crippen LogP contribution is -2.14. The van der Waals surface area contributed by atoms with Crippen LogP contribution >= 0.6 is 23.4 Å². The molecule has 5 nitrogen and oxygen atoms in total. The third-order valence-corrected chi connectivity index (χ3v) is 5.08. The van der Waals surface area contributed by atoms with Crippen molar-refractivity contribution in [1.82, 2.24) is 19.7 Å². The quantitative estimate of drug-likeness (QED) is 0.340. The molecule has 1 atom stereocenters. The van der Waals surface area contributed by atoms with E-state index >= 15 is 0 Å². The van der Waals surface area contributed by atoms with Gasteiger partial charge < -0.3 is 0 Å². The van der Waals surface area contributed by atoms with Gasteiger partial charge in [-0.25, -0.2) is 0 Å². The van der Waals surface area contributed by atoms with E-state index in [0.717, 1.165) is 11.4 Å². The Balaban J connectivity index is 1.85. The molecule has 0 unspecified atom stereocenters. The summed E-state index contributed by atoms with van der Waals surface area (Å²) in [5.41, 5.74) is 1.54. The summed E-state index contributed by atoms with van der Waals surface area (Å²) in [6, 6.07) is 10.7. The van der Waals surface area contributed by atoms with Crippen LogP contribution in [-0.4, -0.2) is 30.8 Å². The fourth-order valence-electron chi connectivity index (χ4n) is 2.44. The van der Waals surface area contributed by atoms with Crippen molar-refractivity contribution >= 4 is 29.1 Å². The van der Waals surface area contributed by atoms with Crippen LogP contribution in [-0.2, 0) is 6.54 Å². The lowest BCUT2D eigenvalue weighted by atomic mass is 10.1. The van der Waals surface area contributed by atoms with Gasteiger partial charge in [-0.3, -0.25) is 14.3 Å². The van der Waals surface area contributed by atoms with Gasteiger partial charge in [0.1, 0.15) is 0 Å². The molecular formula is C19H17ClN4OS. The Morgan fingerprint density at radius 3 is 2.58 bits per heavy atom. The number of allylic oxidation sites excluding steroid dienone is 1. The number of hydrogen-bond donors (Lipinski definition) is 0. The van der Waals surface area contributed by atoms with Gasteiger partial charge in [-0.1, -0.05) is 29.4 Å². The van der Waals surface area contributed by atoms with E-state index in [1.807, 2.05) is 23.6 Å². The number of Topliss-reactive ketones (excluding diaryl/α,β-unsaturated/α-hetero) is 1. The van der Waals surface area contributed by atoms with Gasteiger partial charge in [0.2, 0.25) is 0 Å². The molecule has 132 valence electrons. The maximum Gasteiger partial charge on any atom is 0.192 e. The summed E-state index contributed by atoms with van der Waals surface area (Å²) in [6.07, 6.45) is 5.20. The molecule has 26 heavy (non-hydrogen) atoms. The third kappa shape index (κ3) is 4.03. The van der Waals surface area contributed by atoms with Gasteiger partial charge in [-0.15, -0.1) is 16.8 Å². The SMILES string of the molecule is C=CCn1c(S[C@@H](C)C(=O)c2ccc(Cl)cc2)nnc1-c1ccncc1. The van der Waals surface area contributed by atoms with E-state index < -0.39 is 0 Å². The molecule has 7 heteroatoms. The van der Waals surface area contributed by atoms with Crippen molar-refractivity contribution in [2.24, 2.45) is 0 Å². The molecule has 0 fully saturated rings. The molecule has 0 aliphatic heterocycles. The van der Waals surface area contributed by atoms with E-state index in [9.17, 15) is 4.79 Å². The molecule has 0 spiro atoms. The fraction of sp³-hybridized carbons (Fsp3) is 0.158. The number of thioether (sulfide) groups is 1. The van der Waals surface area contributed by atoms with E-state index in [-0.39, 0.29) is 11.0 Å². The number of hydrogen-bond acceptors (Lipinski definition) is 5. The number of carbonyl (C=O) groups excluding carboxylic acids is 1. The summed E-state index contributed by atoms with van der Waals surface area (Å²) < 4.78 is 1.94. The highest BCUT2D eigenvalue weighted by Crippen LogP contribution is 2.28. The second-order valence-electron chi connectivity index (χ2n) is 5.57. The second-order valence-corrected chi connectivity index (χ2v) is 7.32. The highest BCUT2D eigenvalue weighted by molar-refractivity contribution is 8.00. The van der Waals surface area contributed by atoms with Crippen LogP contribution in [0, 0.1) is 0 Å². The van der Waals surface area contributed by atoms with E-state index in [4.69, 9.17) is 11.6 Å². The Morgan fingerprint density at radius 1 is 1.23 bits per heavy atom. The number of carbonyl (C=O) groups is 1. The zero-order valence-corrected chi connectivity index (χ0v) is 15.7. The van der Waals surface area contributed by atoms with Gasteiger partial charge in [0.05, 0.1) is 5.25 Å². The monoisotopic (exact) mass is 384 g/mol. The first-order valence-electron chi connectivity index (χ1n) is 8.01. The largest absolute Gasteiger partial charge is 0.298 e. The number of halogens is 1. The smallest absolute Gasteiger partial charge is 0.192 e. The van der Waals surface area contributed by atoms with Crippen LogP contribution < -0.4 is 0 Å². The molecule has 3 rings (SSSR count). The first-order chi connectivity index (χ1) is 12.6. The summed E-state index contributed by atoms with van der Waals surface area (Å²) in [7, 11) is 0. The molecule has 0 N–H and O–H groups in total. The van der Waals surface area contributed by atoms with E-state index in [1.165, 1.54) is 11.8 Å². The third-order valence-electron chi connectivity index (χ3n) is 3.75. The highest BCUT2D eigenvalue weighted by atomic mass is 35.5. The average molecular weight is 385 g/mol. The Labute approximate surface area is 161 Å². The molecular weight excluding hydrogens is 368 g/mol. The Hall–Kier alpha value is -2.44. The van der Waals surface area contributed by atoms with E-state index in [1.54, 1.807) is 42.7 Å². The summed E-state index contributed by atoms with van der Waals surface area (Å²) in [5.74, 6) is 0.742. The number of benzene rings is 1. The first kappa shape index (κ1) is 18.4. The molecule has 2 heterocycles. The highest BCUT2D eigenvalue weighted by Gasteiger charge is 2.21. The zero-order chi connectivity index (χ0) is 18.5. The summed E-state index contributed by atoms with van der Waals surface area (Å²) in [6.45, 7) is 6.22. The average Bonchev–Trinajstić information content (AvgIpc) is 3.05. The predicted octanol–water partition coefficient (Wildman–Crippen LogP) is 4.54. The molecule has 0 aliphatic rings. The van der Waals surface area contributed by atoms with Crippen molar-refractivity contribution in [3.05, 3.63) is 72.0 Å². The Bertz CT molecular complexity index is 909. The maximum absolute atomic E-state index is 12.7. The van der Waals surface area contributed by atoms with Gasteiger partial charge >= 0.3 is 0 Å². The maximum atomic E-state index is 12.7. The molecule has 0 amide bonds. The van der Waals surface area contributed by atoms with Crippen molar-refractivity contribution in [1.29, 1.82) is 0 Å². The molecule has 0 aliphatic carbocycles. The number of aromatic nitrogens is 4. The summed E-state index contributed by atoms with van der Waals surface area (Å²) >= 11 is 7.27. The van der Waals surface area contributed by atoms with Gasteiger partial charge in [0, 0.05) is 35.1 Å². The standard InChI is InChI=1S/C19H17ClN4OS/c1-3-12-24-18(15-8-10-21-11-9-15)22-23-19(24)26-13(2)17(25)14-4-6-16(20)7-5-14/h3-11,13H,1,12H2,2H3/t13-/m0/s1. The molecule has 2 aromatic heterocycles. The van der Waals surface area contributed by atoms with Crippen LogP contribution in [0.1, 0.15) is 17.3 Å². The number of pyridine rings is 1. The van der Waals surface area contributed by atoms with Crippen LogP contribution in [0.2, 0.25) is 5.02 Å². The van der Waals surface area contributed by atoms with Crippen LogP contribution in [0.5, 0.6) is 0 Å². The number of rotatable bonds is 7. The number of ketones is 1. The minimum Gasteiger partial charge on any atom is -0.298 e. The lowest BCUT2D eigenvalue weighted by Gasteiger charge is -2.12. The van der Waals surface area contributed by atoms with Gasteiger partial charge in [-0.05, 0) is 43.3 Å². The van der Waals surface area contributed by atoms with Crippen molar-refractivity contribution in [3.8, 4) is 11.4 Å². The molecule has 0 saturated heterocycles. The topological polar surface area (TPSA) is 60.7 Å². The molecule has 0 radical (unpaired) electrons. The molecule has 3 aromatic rings. The van der Waals surface area contributed by atoms with Gasteiger partial charge in [0.15, 0.2) is 16.8 Å². The summed E-state index contributed by atoms with van der Waals surface area (Å²) in [4.78, 5) is 16.7. The molecule has 0 saturated carbocycles. The fourth-order valence-corrected chi connectivity index (χ4v) is 3.51. The summed E-state index contributed by atoms with van der Waals surface area (Å²) in [5, 5.41) is 9.53. The molecule has 0 bridgehead atoms. The van der Waals surface area contributed by atoms with Crippen molar-refractivity contribution in [2.75, 3.05) is 0 Å². The lowest BCUT2D eigenvalue weighted by molar-refractivity contribution is 0.0994. The minimum absolute atomic E-state index is 0.0188. The normalized spacial score (nSPS) is 11.9. The van der Waals surface area contributed by atoms with Crippen molar-refractivity contribution < 1.29 is 4.79 Å². The van der Waals surface area contributed by atoms with Crippen LogP contribution in [0.3, 0.4) is 0 Å². The van der Waals surface area contributed by atoms with Crippen molar-refractivity contribution in [2.45, 2.75) is 23.9 Å². The second kappa shape index (κ2) is 8.29. The number of nitrogens with zero attached hydrogens (tertiary/aromatic N) is 4. The van der Waals surface area contributed by atoms with E-state index in [2.05, 4.69) is 21.8 Å². The van der Waals surface area contributed by atoms with Crippen LogP contribution in [0.25, 0.3) is 11.4 Å². The van der Waals surface area contributed by atoms with Crippen molar-refractivity contribution in [3.63, 3.8) is 0 Å². The Morgan fingerprint density at radius 2 is 1.92 bits per heavy atom. The molecule has 1 aromatic carbocycles. The Kier molecular flexibility index (Phi) is 5.85. The van der Waals surface area contributed by atoms with Gasteiger partial charge in [0.25, 0.3) is 0 Å². The minimum atomic E-state index is -0.311. The van der Waals surface area contributed by atoms with Crippen LogP contribution in [0.15, 0.2) is 66.6 Å². The van der Waals surface area contributed by atoms with E-state index in [0.29, 0.717) is 22.3 Å². The zero-order valence-electron chi connectivity index (χ0n) is 14.2. The van der Waals surface area contributed by atoms with Crippen LogP contribution in [0.4, 0.5) is 0 Å².